The van der Waals surface area contributed by atoms with Crippen LogP contribution in [0.15, 0.2) is 24.3 Å². The maximum Gasteiger partial charge on any atom is 0.0885 e. The van der Waals surface area contributed by atoms with E-state index in [0.29, 0.717) is 5.69 Å². The van der Waals surface area contributed by atoms with Crippen molar-refractivity contribution in [1.29, 1.82) is 0 Å². The van der Waals surface area contributed by atoms with E-state index in [1.165, 1.54) is 11.1 Å². The highest BCUT2D eigenvalue weighted by Crippen LogP contribution is 2.22. The molecule has 1 N–H and O–H groups in total. The van der Waals surface area contributed by atoms with Gasteiger partial charge < -0.3 is 5.11 Å². The maximum absolute atomic E-state index is 9.05. The van der Waals surface area contributed by atoms with E-state index in [2.05, 4.69) is 37.1 Å². The van der Waals surface area contributed by atoms with E-state index in [1.54, 1.807) is 4.68 Å². The molecule has 0 fully saturated rings. The zero-order valence-corrected chi connectivity index (χ0v) is 9.86. The number of aryl methyl sites for hydroxylation is 3. The molecule has 0 amide bonds. The fourth-order valence-electron chi connectivity index (χ4n) is 1.77. The molecule has 3 heteroatoms. The number of aliphatic hydroxyl groups excluding tert-OH is 1. The van der Waals surface area contributed by atoms with Crippen LogP contribution in [-0.2, 0) is 13.7 Å². The van der Waals surface area contributed by atoms with Crippen molar-refractivity contribution in [2.75, 3.05) is 0 Å². The van der Waals surface area contributed by atoms with Crippen molar-refractivity contribution < 1.29 is 5.11 Å². The van der Waals surface area contributed by atoms with Crippen LogP contribution in [0.4, 0.5) is 0 Å². The van der Waals surface area contributed by atoms with E-state index in [9.17, 15) is 0 Å². The predicted octanol–water partition coefficient (Wildman–Crippen LogP) is 2.20. The van der Waals surface area contributed by atoms with Crippen LogP contribution < -0.4 is 0 Å². The monoisotopic (exact) mass is 216 g/mol. The molecule has 0 aliphatic rings. The van der Waals surface area contributed by atoms with Gasteiger partial charge in [-0.15, -0.1) is 0 Å². The van der Waals surface area contributed by atoms with E-state index in [0.717, 1.165) is 11.3 Å². The van der Waals surface area contributed by atoms with Crippen LogP contribution in [0.3, 0.4) is 0 Å². The fraction of sp³-hybridized carbons (Fsp3) is 0.308. The van der Waals surface area contributed by atoms with Crippen LogP contribution in [0.2, 0.25) is 0 Å². The summed E-state index contributed by atoms with van der Waals surface area (Å²) in [5, 5.41) is 13.3. The standard InChI is InChI=1S/C13H16N2O/c1-9-4-5-11(6-10(9)2)13-7-12(8-16)14-15(13)3/h4-7,16H,8H2,1-3H3. The molecule has 0 aliphatic heterocycles. The van der Waals surface area contributed by atoms with E-state index in [1.807, 2.05) is 13.1 Å². The first kappa shape index (κ1) is 10.9. The van der Waals surface area contributed by atoms with Gasteiger partial charge >= 0.3 is 0 Å². The first-order chi connectivity index (χ1) is 7.61. The second-order valence-electron chi connectivity index (χ2n) is 4.10. The minimum Gasteiger partial charge on any atom is -0.390 e. The van der Waals surface area contributed by atoms with E-state index >= 15 is 0 Å². The van der Waals surface area contributed by atoms with Gasteiger partial charge in [0.05, 0.1) is 18.0 Å². The van der Waals surface area contributed by atoms with Crippen molar-refractivity contribution in [2.24, 2.45) is 7.05 Å². The number of benzene rings is 1. The van der Waals surface area contributed by atoms with E-state index in [-0.39, 0.29) is 6.61 Å². The van der Waals surface area contributed by atoms with Crippen LogP contribution in [-0.4, -0.2) is 14.9 Å². The molecular weight excluding hydrogens is 200 g/mol. The molecule has 3 nitrogen and oxygen atoms in total. The lowest BCUT2D eigenvalue weighted by molar-refractivity contribution is 0.275. The largest absolute Gasteiger partial charge is 0.390 e. The quantitative estimate of drug-likeness (QED) is 0.835. The summed E-state index contributed by atoms with van der Waals surface area (Å²) in [6, 6.07) is 8.26. The Kier molecular flexibility index (Phi) is 2.79. The number of hydrogen-bond donors (Lipinski definition) is 1. The van der Waals surface area contributed by atoms with Gasteiger partial charge in [-0.25, -0.2) is 0 Å². The summed E-state index contributed by atoms with van der Waals surface area (Å²) < 4.78 is 1.80. The lowest BCUT2D eigenvalue weighted by atomic mass is 10.0. The third-order valence-corrected chi connectivity index (χ3v) is 2.90. The zero-order valence-electron chi connectivity index (χ0n) is 9.86. The third-order valence-electron chi connectivity index (χ3n) is 2.90. The number of nitrogens with zero attached hydrogens (tertiary/aromatic N) is 2. The molecule has 0 radical (unpaired) electrons. The van der Waals surface area contributed by atoms with Crippen LogP contribution in [0.1, 0.15) is 16.8 Å². The van der Waals surface area contributed by atoms with Crippen molar-refractivity contribution in [1.82, 2.24) is 9.78 Å². The Morgan fingerprint density at radius 3 is 2.50 bits per heavy atom. The molecule has 0 saturated carbocycles. The minimum absolute atomic E-state index is 0.0152. The second-order valence-corrected chi connectivity index (χ2v) is 4.10. The highest BCUT2D eigenvalue weighted by atomic mass is 16.3. The van der Waals surface area contributed by atoms with Crippen LogP contribution >= 0.6 is 0 Å². The highest BCUT2D eigenvalue weighted by molar-refractivity contribution is 5.61. The highest BCUT2D eigenvalue weighted by Gasteiger charge is 2.07. The molecule has 1 aromatic heterocycles. The minimum atomic E-state index is -0.0152. The fourth-order valence-corrected chi connectivity index (χ4v) is 1.77. The Labute approximate surface area is 95.3 Å². The van der Waals surface area contributed by atoms with Crippen LogP contribution in [0, 0.1) is 13.8 Å². The van der Waals surface area contributed by atoms with Crippen molar-refractivity contribution >= 4 is 0 Å². The molecule has 0 aliphatic carbocycles. The Bertz CT molecular complexity index is 515. The molecule has 0 spiro atoms. The van der Waals surface area contributed by atoms with Gasteiger partial charge in [0.2, 0.25) is 0 Å². The first-order valence-corrected chi connectivity index (χ1v) is 5.33. The Morgan fingerprint density at radius 1 is 1.19 bits per heavy atom. The normalized spacial score (nSPS) is 10.8. The lowest BCUT2D eigenvalue weighted by Crippen LogP contribution is -1.95. The molecule has 84 valence electrons. The number of aliphatic hydroxyl groups is 1. The summed E-state index contributed by atoms with van der Waals surface area (Å²) >= 11 is 0. The molecule has 2 rings (SSSR count). The topological polar surface area (TPSA) is 38.1 Å². The van der Waals surface area contributed by atoms with Gasteiger partial charge in [0.1, 0.15) is 0 Å². The SMILES string of the molecule is Cc1ccc(-c2cc(CO)nn2C)cc1C. The van der Waals surface area contributed by atoms with E-state index in [4.69, 9.17) is 5.11 Å². The van der Waals surface area contributed by atoms with E-state index < -0.39 is 0 Å². The molecule has 1 aromatic carbocycles. The molecule has 0 atom stereocenters. The van der Waals surface area contributed by atoms with Crippen molar-refractivity contribution in [3.05, 3.63) is 41.1 Å². The summed E-state index contributed by atoms with van der Waals surface area (Å²) in [6.07, 6.45) is 0. The van der Waals surface area contributed by atoms with Crippen molar-refractivity contribution in [3.63, 3.8) is 0 Å². The Morgan fingerprint density at radius 2 is 1.94 bits per heavy atom. The average Bonchev–Trinajstić information content (AvgIpc) is 2.64. The van der Waals surface area contributed by atoms with Crippen molar-refractivity contribution in [3.8, 4) is 11.3 Å². The van der Waals surface area contributed by atoms with Gasteiger partial charge in [-0.05, 0) is 37.1 Å². The van der Waals surface area contributed by atoms with Crippen LogP contribution in [0.5, 0.6) is 0 Å². The molecular formula is C13H16N2O. The molecule has 16 heavy (non-hydrogen) atoms. The van der Waals surface area contributed by atoms with Crippen LogP contribution in [0.25, 0.3) is 11.3 Å². The van der Waals surface area contributed by atoms with Crippen molar-refractivity contribution in [2.45, 2.75) is 20.5 Å². The number of aromatic nitrogens is 2. The molecule has 0 unspecified atom stereocenters. The second kappa shape index (κ2) is 4.10. The smallest absolute Gasteiger partial charge is 0.0885 e. The first-order valence-electron chi connectivity index (χ1n) is 5.33. The number of hydrogen-bond acceptors (Lipinski definition) is 2. The predicted molar refractivity (Wildman–Crippen MR) is 64.0 cm³/mol. The third kappa shape index (κ3) is 1.86. The van der Waals surface area contributed by atoms with Gasteiger partial charge in [-0.2, -0.15) is 5.10 Å². The Balaban J connectivity index is 2.49. The number of rotatable bonds is 2. The lowest BCUT2D eigenvalue weighted by Gasteiger charge is -2.05. The van der Waals surface area contributed by atoms with Gasteiger partial charge in [-0.3, -0.25) is 4.68 Å². The zero-order chi connectivity index (χ0) is 11.7. The molecule has 0 saturated heterocycles. The average molecular weight is 216 g/mol. The Hall–Kier alpha value is -1.61. The summed E-state index contributed by atoms with van der Waals surface area (Å²) in [7, 11) is 1.89. The van der Waals surface area contributed by atoms with Gasteiger partial charge in [0.25, 0.3) is 0 Å². The molecule has 0 bridgehead atoms. The summed E-state index contributed by atoms with van der Waals surface area (Å²) in [4.78, 5) is 0. The molecule has 2 aromatic rings. The maximum atomic E-state index is 9.05. The molecule has 1 heterocycles. The van der Waals surface area contributed by atoms with Gasteiger partial charge in [0.15, 0.2) is 0 Å². The summed E-state index contributed by atoms with van der Waals surface area (Å²) in [6.45, 7) is 4.18. The van der Waals surface area contributed by atoms with Gasteiger partial charge in [-0.1, -0.05) is 12.1 Å². The summed E-state index contributed by atoms with van der Waals surface area (Å²) in [5.41, 5.74) is 5.43. The van der Waals surface area contributed by atoms with Gasteiger partial charge in [0, 0.05) is 12.6 Å². The summed E-state index contributed by atoms with van der Waals surface area (Å²) in [5.74, 6) is 0.